The Bertz CT molecular complexity index is 971. The summed E-state index contributed by atoms with van der Waals surface area (Å²) in [7, 11) is 2.99. The first-order valence-corrected chi connectivity index (χ1v) is 9.31. The molecule has 1 saturated heterocycles. The smallest absolute Gasteiger partial charge is 0.277 e. The van der Waals surface area contributed by atoms with Gasteiger partial charge in [0.2, 0.25) is 0 Å². The third-order valence-electron chi connectivity index (χ3n) is 5.73. The van der Waals surface area contributed by atoms with Crippen molar-refractivity contribution in [2.75, 3.05) is 27.3 Å². The molecule has 0 spiro atoms. The molecule has 0 aliphatic carbocycles. The molecule has 148 valence electrons. The highest BCUT2D eigenvalue weighted by Crippen LogP contribution is 2.38. The first-order valence-electron chi connectivity index (χ1n) is 9.31. The highest BCUT2D eigenvalue weighted by molar-refractivity contribution is 5.54. The van der Waals surface area contributed by atoms with Crippen molar-refractivity contribution in [1.29, 1.82) is 0 Å². The second-order valence-electron chi connectivity index (χ2n) is 7.49. The number of rotatable bonds is 5. The van der Waals surface area contributed by atoms with Crippen molar-refractivity contribution >= 4 is 5.69 Å². The molecular weight excluding hydrogens is 362 g/mol. The zero-order chi connectivity index (χ0) is 19.8. The number of hydrogen-bond donors (Lipinski definition) is 0. The Morgan fingerprint density at radius 1 is 1.14 bits per heavy atom. The number of benzene rings is 1. The molecule has 1 aromatic heterocycles. The monoisotopic (exact) mass is 385 g/mol. The average Bonchev–Trinajstić information content (AvgIpc) is 2.68. The van der Waals surface area contributed by atoms with E-state index in [-0.39, 0.29) is 22.1 Å². The fraction of sp³-hybridized carbons (Fsp3) is 0.450. The summed E-state index contributed by atoms with van der Waals surface area (Å²) < 4.78 is 12.4. The number of likely N-dealkylation sites (tertiary alicyclic amines) is 1. The van der Waals surface area contributed by atoms with Crippen molar-refractivity contribution in [2.45, 2.75) is 25.4 Å². The highest BCUT2D eigenvalue weighted by Gasteiger charge is 2.35. The molecule has 2 atom stereocenters. The number of aromatic nitrogens is 1. The van der Waals surface area contributed by atoms with E-state index in [1.54, 1.807) is 12.1 Å². The number of nitrogens with zero attached hydrogens (tertiary/aromatic N) is 3. The van der Waals surface area contributed by atoms with Gasteiger partial charge in [0.15, 0.2) is 11.5 Å². The van der Waals surface area contributed by atoms with Crippen LogP contribution in [-0.2, 0) is 13.1 Å². The molecule has 1 aromatic carbocycles. The third-order valence-corrected chi connectivity index (χ3v) is 5.73. The Morgan fingerprint density at radius 2 is 1.89 bits per heavy atom. The molecule has 4 rings (SSSR count). The minimum absolute atomic E-state index is 0.0324. The normalized spacial score (nSPS) is 21.1. The summed E-state index contributed by atoms with van der Waals surface area (Å²) in [5.41, 5.74) is 1.75. The van der Waals surface area contributed by atoms with Gasteiger partial charge in [0.1, 0.15) is 0 Å². The molecule has 2 bridgehead atoms. The summed E-state index contributed by atoms with van der Waals surface area (Å²) in [6.45, 7) is 2.74. The number of nitro benzene ring substituents is 1. The molecule has 0 saturated carbocycles. The molecule has 8 heteroatoms. The maximum absolute atomic E-state index is 12.2. The van der Waals surface area contributed by atoms with Gasteiger partial charge in [0, 0.05) is 49.4 Å². The Hall–Kier alpha value is -2.87. The summed E-state index contributed by atoms with van der Waals surface area (Å²) >= 11 is 0. The molecule has 2 aliphatic rings. The van der Waals surface area contributed by atoms with E-state index in [0.29, 0.717) is 36.1 Å². The van der Waals surface area contributed by atoms with Crippen LogP contribution in [0, 0.1) is 16.0 Å². The quantitative estimate of drug-likeness (QED) is 0.580. The summed E-state index contributed by atoms with van der Waals surface area (Å²) in [5, 5.41) is 11.6. The molecule has 8 nitrogen and oxygen atoms in total. The Labute approximate surface area is 162 Å². The molecule has 0 N–H and O–H groups in total. The number of nitro groups is 1. The minimum Gasteiger partial charge on any atom is -0.493 e. The van der Waals surface area contributed by atoms with Crippen LogP contribution in [0.5, 0.6) is 11.5 Å². The van der Waals surface area contributed by atoms with Crippen molar-refractivity contribution < 1.29 is 14.4 Å². The van der Waals surface area contributed by atoms with E-state index in [9.17, 15) is 14.9 Å². The fourth-order valence-electron chi connectivity index (χ4n) is 4.57. The van der Waals surface area contributed by atoms with Gasteiger partial charge in [-0.25, -0.2) is 0 Å². The lowest BCUT2D eigenvalue weighted by atomic mass is 9.83. The van der Waals surface area contributed by atoms with Gasteiger partial charge in [-0.2, -0.15) is 0 Å². The molecule has 1 fully saturated rings. The van der Waals surface area contributed by atoms with Crippen molar-refractivity contribution in [3.63, 3.8) is 0 Å². The number of pyridine rings is 1. The Kier molecular flexibility index (Phi) is 4.80. The van der Waals surface area contributed by atoms with E-state index in [0.717, 1.165) is 25.2 Å². The van der Waals surface area contributed by atoms with Gasteiger partial charge in [-0.15, -0.1) is 0 Å². The van der Waals surface area contributed by atoms with Crippen LogP contribution in [-0.4, -0.2) is 41.7 Å². The lowest BCUT2D eigenvalue weighted by Crippen LogP contribution is -2.46. The van der Waals surface area contributed by atoms with Crippen LogP contribution < -0.4 is 15.0 Å². The number of fused-ring (bicyclic) bond motifs is 4. The van der Waals surface area contributed by atoms with Gasteiger partial charge in [-0.1, -0.05) is 6.07 Å². The number of methoxy groups -OCH3 is 2. The predicted molar refractivity (Wildman–Crippen MR) is 103 cm³/mol. The van der Waals surface area contributed by atoms with E-state index in [1.165, 1.54) is 20.3 Å². The zero-order valence-electron chi connectivity index (χ0n) is 16.0. The van der Waals surface area contributed by atoms with E-state index in [1.807, 2.05) is 16.7 Å². The molecule has 28 heavy (non-hydrogen) atoms. The highest BCUT2D eigenvalue weighted by atomic mass is 16.6. The molecule has 3 heterocycles. The summed E-state index contributed by atoms with van der Waals surface area (Å²) in [5.74, 6) is 1.46. The summed E-state index contributed by atoms with van der Waals surface area (Å²) in [4.78, 5) is 25.6. The molecule has 0 radical (unpaired) electrons. The maximum Gasteiger partial charge on any atom is 0.277 e. The van der Waals surface area contributed by atoms with Crippen molar-refractivity contribution in [3.8, 4) is 11.5 Å². The summed E-state index contributed by atoms with van der Waals surface area (Å²) in [6, 6.07) is 8.56. The van der Waals surface area contributed by atoms with Gasteiger partial charge in [-0.3, -0.25) is 19.8 Å². The van der Waals surface area contributed by atoms with Crippen LogP contribution in [0.2, 0.25) is 0 Å². The van der Waals surface area contributed by atoms with Crippen molar-refractivity contribution in [1.82, 2.24) is 9.47 Å². The Balaban J connectivity index is 1.62. The van der Waals surface area contributed by atoms with Crippen LogP contribution >= 0.6 is 0 Å². The van der Waals surface area contributed by atoms with Crippen molar-refractivity contribution in [3.05, 3.63) is 62.1 Å². The van der Waals surface area contributed by atoms with E-state index >= 15 is 0 Å². The van der Waals surface area contributed by atoms with E-state index in [2.05, 4.69) is 4.90 Å². The van der Waals surface area contributed by atoms with Gasteiger partial charge in [0.25, 0.3) is 11.2 Å². The molecule has 2 unspecified atom stereocenters. The van der Waals surface area contributed by atoms with Gasteiger partial charge in [-0.05, 0) is 24.5 Å². The lowest BCUT2D eigenvalue weighted by molar-refractivity contribution is -0.385. The topological polar surface area (TPSA) is 86.8 Å². The van der Waals surface area contributed by atoms with Gasteiger partial charge in [0.05, 0.1) is 25.2 Å². The van der Waals surface area contributed by atoms with Crippen LogP contribution in [0.4, 0.5) is 5.69 Å². The first-order chi connectivity index (χ1) is 13.5. The largest absolute Gasteiger partial charge is 0.493 e. The molecular formula is C20H23N3O5. The van der Waals surface area contributed by atoms with E-state index in [4.69, 9.17) is 9.47 Å². The molecule has 2 aliphatic heterocycles. The fourth-order valence-corrected chi connectivity index (χ4v) is 4.57. The van der Waals surface area contributed by atoms with Crippen LogP contribution in [0.3, 0.4) is 0 Å². The van der Waals surface area contributed by atoms with Crippen molar-refractivity contribution in [2.24, 2.45) is 5.92 Å². The first kappa shape index (κ1) is 18.5. The van der Waals surface area contributed by atoms with Gasteiger partial charge >= 0.3 is 0 Å². The van der Waals surface area contributed by atoms with Crippen LogP contribution in [0.1, 0.15) is 23.6 Å². The third kappa shape index (κ3) is 3.24. The number of ether oxygens (including phenoxy) is 2. The average molecular weight is 385 g/mol. The molecule has 2 aromatic rings. The lowest BCUT2D eigenvalue weighted by Gasteiger charge is -2.42. The minimum atomic E-state index is -0.378. The van der Waals surface area contributed by atoms with E-state index < -0.39 is 0 Å². The molecule has 0 amide bonds. The second kappa shape index (κ2) is 7.27. The zero-order valence-corrected chi connectivity index (χ0v) is 16.0. The predicted octanol–water partition coefficient (Wildman–Crippen LogP) is 2.39. The van der Waals surface area contributed by atoms with Crippen LogP contribution in [0.15, 0.2) is 35.1 Å². The summed E-state index contributed by atoms with van der Waals surface area (Å²) in [6.07, 6.45) is 1.05. The van der Waals surface area contributed by atoms with Crippen LogP contribution in [0.25, 0.3) is 0 Å². The van der Waals surface area contributed by atoms with Gasteiger partial charge < -0.3 is 14.0 Å². The maximum atomic E-state index is 12.2. The number of hydrogen-bond acceptors (Lipinski definition) is 6. The Morgan fingerprint density at radius 3 is 2.61 bits per heavy atom. The standard InChI is InChI=1S/C20H23N3O5/c1-27-18-7-15(17(23(25)26)8-19(18)28-2)12-21-9-13-6-14(11-21)16-4-3-5-20(24)22(16)10-13/h3-5,7-8,13-14H,6,9-12H2,1-2H3. The number of piperidine rings is 1. The second-order valence-corrected chi connectivity index (χ2v) is 7.49. The SMILES string of the molecule is COc1cc(CN2CC3CC(C2)c2cccc(=O)n2C3)c([N+](=O)[O-])cc1OC.